The van der Waals surface area contributed by atoms with Crippen molar-refractivity contribution < 1.29 is 4.79 Å². The summed E-state index contributed by atoms with van der Waals surface area (Å²) in [4.78, 5) is 15.3. The Bertz CT molecular complexity index is 387. The van der Waals surface area contributed by atoms with Gasteiger partial charge in [0.15, 0.2) is 0 Å². The largest absolute Gasteiger partial charge is 0.393 e. The zero-order valence-electron chi connectivity index (χ0n) is 10.3. The molecule has 0 bridgehead atoms. The summed E-state index contributed by atoms with van der Waals surface area (Å²) in [5.41, 5.74) is 5.64. The second-order valence-electron chi connectivity index (χ2n) is 4.40. The van der Waals surface area contributed by atoms with Gasteiger partial charge in [0.1, 0.15) is 0 Å². The SMILES string of the molecule is CC(C)C(C(=O)N(C)Cc1cccs1)C(N)=S. The zero-order valence-corrected chi connectivity index (χ0v) is 12.0. The van der Waals surface area contributed by atoms with Crippen molar-refractivity contribution in [1.82, 2.24) is 4.90 Å². The molecule has 1 atom stereocenters. The van der Waals surface area contributed by atoms with E-state index in [0.29, 0.717) is 6.54 Å². The number of hydrogen-bond donors (Lipinski definition) is 1. The topological polar surface area (TPSA) is 46.3 Å². The van der Waals surface area contributed by atoms with Crippen LogP contribution in [-0.2, 0) is 11.3 Å². The molecule has 0 radical (unpaired) electrons. The van der Waals surface area contributed by atoms with E-state index in [2.05, 4.69) is 0 Å². The van der Waals surface area contributed by atoms with Gasteiger partial charge in [-0.25, -0.2) is 0 Å². The Kier molecular flexibility index (Phi) is 5.08. The summed E-state index contributed by atoms with van der Waals surface area (Å²) in [6, 6.07) is 3.99. The van der Waals surface area contributed by atoms with Crippen molar-refractivity contribution in [2.24, 2.45) is 17.6 Å². The van der Waals surface area contributed by atoms with Gasteiger partial charge in [0.05, 0.1) is 17.5 Å². The number of nitrogens with two attached hydrogens (primary N) is 1. The first-order chi connectivity index (χ1) is 7.93. The molecule has 0 spiro atoms. The average molecular weight is 270 g/mol. The highest BCUT2D eigenvalue weighted by Crippen LogP contribution is 2.17. The molecule has 1 amide bonds. The number of carbonyl (C=O) groups is 1. The van der Waals surface area contributed by atoms with E-state index in [1.165, 1.54) is 0 Å². The molecular weight excluding hydrogens is 252 g/mol. The second-order valence-corrected chi connectivity index (χ2v) is 5.90. The van der Waals surface area contributed by atoms with Gasteiger partial charge in [0.25, 0.3) is 0 Å². The van der Waals surface area contributed by atoms with Crippen molar-refractivity contribution in [3.8, 4) is 0 Å². The molecule has 0 saturated heterocycles. The van der Waals surface area contributed by atoms with Crippen LogP contribution in [0.25, 0.3) is 0 Å². The average Bonchev–Trinajstić information content (AvgIpc) is 2.68. The highest BCUT2D eigenvalue weighted by molar-refractivity contribution is 7.80. The first-order valence-corrected chi connectivity index (χ1v) is 6.79. The molecule has 17 heavy (non-hydrogen) atoms. The predicted octanol–water partition coefficient (Wildman–Crippen LogP) is 2.26. The molecule has 0 aromatic carbocycles. The summed E-state index contributed by atoms with van der Waals surface area (Å²) in [5.74, 6) is -0.235. The standard InChI is InChI=1S/C12H18N2OS2/c1-8(2)10(11(13)16)12(15)14(3)7-9-5-4-6-17-9/h4-6,8,10H,7H2,1-3H3,(H2,13,16). The van der Waals surface area contributed by atoms with Crippen molar-refractivity contribution in [3.05, 3.63) is 22.4 Å². The smallest absolute Gasteiger partial charge is 0.232 e. The van der Waals surface area contributed by atoms with Gasteiger partial charge in [0, 0.05) is 11.9 Å². The summed E-state index contributed by atoms with van der Waals surface area (Å²) in [6.45, 7) is 4.53. The Morgan fingerprint density at radius 2 is 2.24 bits per heavy atom. The minimum atomic E-state index is -0.366. The van der Waals surface area contributed by atoms with Crippen molar-refractivity contribution in [1.29, 1.82) is 0 Å². The lowest BCUT2D eigenvalue weighted by Gasteiger charge is -2.25. The number of amides is 1. The normalized spacial score (nSPS) is 12.5. The molecule has 1 rings (SSSR count). The molecule has 3 nitrogen and oxygen atoms in total. The minimum Gasteiger partial charge on any atom is -0.393 e. The van der Waals surface area contributed by atoms with Crippen LogP contribution in [0.5, 0.6) is 0 Å². The van der Waals surface area contributed by atoms with Gasteiger partial charge in [-0.15, -0.1) is 11.3 Å². The molecule has 2 N–H and O–H groups in total. The highest BCUT2D eigenvalue weighted by atomic mass is 32.1. The lowest BCUT2D eigenvalue weighted by Crippen LogP contribution is -2.41. The molecule has 0 saturated carbocycles. The van der Waals surface area contributed by atoms with E-state index in [0.717, 1.165) is 4.88 Å². The number of nitrogens with zero attached hydrogens (tertiary/aromatic N) is 1. The summed E-state index contributed by atoms with van der Waals surface area (Å²) < 4.78 is 0. The number of carbonyl (C=O) groups excluding carboxylic acids is 1. The van der Waals surface area contributed by atoms with Crippen LogP contribution in [0.3, 0.4) is 0 Å². The van der Waals surface area contributed by atoms with E-state index in [4.69, 9.17) is 18.0 Å². The Hall–Kier alpha value is -0.940. The second kappa shape index (κ2) is 6.12. The monoisotopic (exact) mass is 270 g/mol. The molecule has 0 fully saturated rings. The number of hydrogen-bond acceptors (Lipinski definition) is 3. The number of rotatable bonds is 5. The van der Waals surface area contributed by atoms with E-state index < -0.39 is 0 Å². The van der Waals surface area contributed by atoms with Crippen LogP contribution in [0.15, 0.2) is 17.5 Å². The van der Waals surface area contributed by atoms with Crippen LogP contribution < -0.4 is 5.73 Å². The van der Waals surface area contributed by atoms with Crippen LogP contribution in [-0.4, -0.2) is 22.8 Å². The molecule has 5 heteroatoms. The minimum absolute atomic E-state index is 0.000833. The lowest BCUT2D eigenvalue weighted by atomic mass is 9.94. The van der Waals surface area contributed by atoms with E-state index in [1.54, 1.807) is 23.3 Å². The van der Waals surface area contributed by atoms with E-state index >= 15 is 0 Å². The Balaban J connectivity index is 2.70. The maximum absolute atomic E-state index is 12.2. The van der Waals surface area contributed by atoms with Crippen molar-refractivity contribution >= 4 is 34.5 Å². The molecule has 94 valence electrons. The number of thiocarbonyl (C=S) groups is 1. The third kappa shape index (κ3) is 3.78. The fraction of sp³-hybridized carbons (Fsp3) is 0.500. The molecule has 0 aliphatic carbocycles. The van der Waals surface area contributed by atoms with Gasteiger partial charge < -0.3 is 10.6 Å². The first-order valence-electron chi connectivity index (χ1n) is 5.50. The molecule has 1 aromatic rings. The lowest BCUT2D eigenvalue weighted by molar-refractivity contribution is -0.133. The Labute approximate surface area is 112 Å². The summed E-state index contributed by atoms with van der Waals surface area (Å²) in [6.07, 6.45) is 0. The third-order valence-corrected chi connectivity index (χ3v) is 3.70. The zero-order chi connectivity index (χ0) is 13.0. The van der Waals surface area contributed by atoms with E-state index in [-0.39, 0.29) is 22.7 Å². The number of thiophene rings is 1. The third-order valence-electron chi connectivity index (χ3n) is 2.59. The predicted molar refractivity (Wildman–Crippen MR) is 75.9 cm³/mol. The summed E-state index contributed by atoms with van der Waals surface area (Å²) in [5, 5.41) is 2.00. The van der Waals surface area contributed by atoms with Crippen molar-refractivity contribution in [2.45, 2.75) is 20.4 Å². The van der Waals surface area contributed by atoms with Crippen LogP contribution in [0.4, 0.5) is 0 Å². The van der Waals surface area contributed by atoms with E-state index in [1.807, 2.05) is 31.4 Å². The van der Waals surface area contributed by atoms with Gasteiger partial charge in [-0.2, -0.15) is 0 Å². The van der Waals surface area contributed by atoms with Gasteiger partial charge in [-0.3, -0.25) is 4.79 Å². The molecule has 0 aliphatic heterocycles. The van der Waals surface area contributed by atoms with Gasteiger partial charge in [-0.05, 0) is 17.4 Å². The molecule has 0 aliphatic rings. The molecule has 1 heterocycles. The van der Waals surface area contributed by atoms with Gasteiger partial charge in [0.2, 0.25) is 5.91 Å². The van der Waals surface area contributed by atoms with Crippen LogP contribution in [0, 0.1) is 11.8 Å². The van der Waals surface area contributed by atoms with Gasteiger partial charge in [-0.1, -0.05) is 32.1 Å². The van der Waals surface area contributed by atoms with Crippen molar-refractivity contribution in [2.75, 3.05) is 7.05 Å². The highest BCUT2D eigenvalue weighted by Gasteiger charge is 2.27. The van der Waals surface area contributed by atoms with E-state index in [9.17, 15) is 4.79 Å². The fourth-order valence-electron chi connectivity index (χ4n) is 1.69. The maximum Gasteiger partial charge on any atom is 0.232 e. The maximum atomic E-state index is 12.2. The van der Waals surface area contributed by atoms with Crippen LogP contribution in [0.2, 0.25) is 0 Å². The Morgan fingerprint density at radius 3 is 2.65 bits per heavy atom. The first kappa shape index (κ1) is 14.1. The van der Waals surface area contributed by atoms with Crippen molar-refractivity contribution in [3.63, 3.8) is 0 Å². The molecular formula is C12H18N2OS2. The molecule has 1 aromatic heterocycles. The fourth-order valence-corrected chi connectivity index (χ4v) is 2.82. The summed E-state index contributed by atoms with van der Waals surface area (Å²) in [7, 11) is 1.79. The molecule has 1 unspecified atom stereocenters. The van der Waals surface area contributed by atoms with Gasteiger partial charge >= 0.3 is 0 Å². The quantitative estimate of drug-likeness (QED) is 0.835. The Morgan fingerprint density at radius 1 is 1.59 bits per heavy atom. The summed E-state index contributed by atoms with van der Waals surface area (Å²) >= 11 is 6.61. The van der Waals surface area contributed by atoms with Crippen LogP contribution in [0.1, 0.15) is 18.7 Å². The van der Waals surface area contributed by atoms with Crippen LogP contribution >= 0.6 is 23.6 Å².